The van der Waals surface area contributed by atoms with Gasteiger partial charge in [0.25, 0.3) is 0 Å². The minimum atomic E-state index is 0.584. The molecule has 0 saturated heterocycles. The van der Waals surface area contributed by atoms with Gasteiger partial charge in [0.2, 0.25) is 0 Å². The van der Waals surface area contributed by atoms with E-state index in [1.165, 1.54) is 18.4 Å². The van der Waals surface area contributed by atoms with Gasteiger partial charge in [0.1, 0.15) is 0 Å². The summed E-state index contributed by atoms with van der Waals surface area (Å²) in [6.45, 7) is 9.30. The van der Waals surface area contributed by atoms with Crippen LogP contribution < -0.4 is 5.73 Å². The van der Waals surface area contributed by atoms with Crippen LogP contribution in [0.25, 0.3) is 0 Å². The lowest BCUT2D eigenvalue weighted by Gasteiger charge is -2.22. The third-order valence-electron chi connectivity index (χ3n) is 2.99. The predicted molar refractivity (Wildman–Crippen MR) is 73.7 cm³/mol. The van der Waals surface area contributed by atoms with Crippen molar-refractivity contribution < 1.29 is 0 Å². The molecule has 92 valence electrons. The molecule has 0 fully saturated rings. The second kappa shape index (κ2) is 9.41. The predicted octanol–water partition coefficient (Wildman–Crippen LogP) is 4.19. The summed E-state index contributed by atoms with van der Waals surface area (Å²) in [6, 6.07) is 10.7. The highest BCUT2D eigenvalue weighted by atomic mass is 14.6. The topological polar surface area (TPSA) is 26.0 Å². The van der Waals surface area contributed by atoms with E-state index in [0.717, 1.165) is 6.54 Å². The van der Waals surface area contributed by atoms with Crippen molar-refractivity contribution in [3.8, 4) is 0 Å². The number of rotatable bonds is 5. The molecule has 2 N–H and O–H groups in total. The van der Waals surface area contributed by atoms with Gasteiger partial charge in [-0.3, -0.25) is 0 Å². The Morgan fingerprint density at radius 3 is 2.12 bits per heavy atom. The largest absolute Gasteiger partial charge is 0.330 e. The SMILES string of the molecule is CC.CCCC(CN)C(C)c1ccccc1. The fraction of sp³-hybridized carbons (Fsp3) is 0.600. The maximum atomic E-state index is 5.80. The first-order valence-electron chi connectivity index (χ1n) is 6.54. The summed E-state index contributed by atoms with van der Waals surface area (Å²) in [4.78, 5) is 0. The van der Waals surface area contributed by atoms with Gasteiger partial charge < -0.3 is 5.73 Å². The molecule has 0 saturated carbocycles. The lowest BCUT2D eigenvalue weighted by molar-refractivity contribution is 0.420. The second-order valence-electron chi connectivity index (χ2n) is 3.98. The van der Waals surface area contributed by atoms with Crippen LogP contribution in [0.2, 0.25) is 0 Å². The Hall–Kier alpha value is -0.820. The van der Waals surface area contributed by atoms with E-state index in [9.17, 15) is 0 Å². The minimum Gasteiger partial charge on any atom is -0.330 e. The molecule has 1 aromatic rings. The van der Waals surface area contributed by atoms with Crippen molar-refractivity contribution in [2.45, 2.75) is 46.5 Å². The van der Waals surface area contributed by atoms with Crippen LogP contribution in [0.5, 0.6) is 0 Å². The minimum absolute atomic E-state index is 0.584. The van der Waals surface area contributed by atoms with Gasteiger partial charge in [0.05, 0.1) is 0 Å². The van der Waals surface area contributed by atoms with Gasteiger partial charge in [0, 0.05) is 0 Å². The Bertz CT molecular complexity index is 243. The third kappa shape index (κ3) is 4.80. The summed E-state index contributed by atoms with van der Waals surface area (Å²) < 4.78 is 0. The quantitative estimate of drug-likeness (QED) is 0.792. The average molecular weight is 221 g/mol. The highest BCUT2D eigenvalue weighted by Gasteiger charge is 2.15. The molecule has 0 spiro atoms. The maximum absolute atomic E-state index is 5.80. The zero-order chi connectivity index (χ0) is 12.4. The van der Waals surface area contributed by atoms with Crippen LogP contribution in [0.1, 0.15) is 52.0 Å². The first-order chi connectivity index (χ1) is 7.79. The lowest BCUT2D eigenvalue weighted by Crippen LogP contribution is -2.20. The van der Waals surface area contributed by atoms with Gasteiger partial charge in [0.15, 0.2) is 0 Å². The monoisotopic (exact) mass is 221 g/mol. The number of hydrogen-bond acceptors (Lipinski definition) is 1. The molecule has 1 aromatic carbocycles. The molecule has 0 radical (unpaired) electrons. The smallest absolute Gasteiger partial charge is 0.00431 e. The highest BCUT2D eigenvalue weighted by Crippen LogP contribution is 2.26. The fourth-order valence-electron chi connectivity index (χ4n) is 1.97. The summed E-state index contributed by atoms with van der Waals surface area (Å²) in [5.74, 6) is 1.21. The summed E-state index contributed by atoms with van der Waals surface area (Å²) in [7, 11) is 0. The van der Waals surface area contributed by atoms with Crippen LogP contribution in [0, 0.1) is 5.92 Å². The van der Waals surface area contributed by atoms with E-state index in [1.807, 2.05) is 13.8 Å². The zero-order valence-corrected chi connectivity index (χ0v) is 11.2. The zero-order valence-electron chi connectivity index (χ0n) is 11.2. The molecule has 1 heteroatoms. The molecule has 2 atom stereocenters. The van der Waals surface area contributed by atoms with E-state index in [2.05, 4.69) is 44.2 Å². The molecule has 0 aliphatic carbocycles. The Morgan fingerprint density at radius 1 is 1.12 bits per heavy atom. The van der Waals surface area contributed by atoms with E-state index < -0.39 is 0 Å². The molecular formula is C15H27N. The molecule has 2 unspecified atom stereocenters. The summed E-state index contributed by atoms with van der Waals surface area (Å²) in [5, 5.41) is 0. The molecule has 0 heterocycles. The lowest BCUT2D eigenvalue weighted by atomic mass is 9.85. The Balaban J connectivity index is 0.00000106. The highest BCUT2D eigenvalue weighted by molar-refractivity contribution is 5.19. The van der Waals surface area contributed by atoms with Gasteiger partial charge in [-0.05, 0) is 30.4 Å². The Morgan fingerprint density at radius 2 is 1.69 bits per heavy atom. The van der Waals surface area contributed by atoms with Gasteiger partial charge in [-0.2, -0.15) is 0 Å². The first kappa shape index (κ1) is 15.2. The second-order valence-corrected chi connectivity index (χ2v) is 3.98. The number of benzene rings is 1. The fourth-order valence-corrected chi connectivity index (χ4v) is 1.97. The average Bonchev–Trinajstić information content (AvgIpc) is 2.38. The summed E-state index contributed by atoms with van der Waals surface area (Å²) in [5.41, 5.74) is 7.21. The van der Waals surface area contributed by atoms with Crippen LogP contribution in [0.3, 0.4) is 0 Å². The molecular weight excluding hydrogens is 194 g/mol. The standard InChI is InChI=1S/C13H21N.C2H6/c1-3-7-13(10-14)11(2)12-8-5-4-6-9-12;1-2/h4-6,8-9,11,13H,3,7,10,14H2,1-2H3;1-2H3. The molecule has 1 rings (SSSR count). The van der Waals surface area contributed by atoms with E-state index >= 15 is 0 Å². The van der Waals surface area contributed by atoms with Crippen molar-refractivity contribution in [3.05, 3.63) is 35.9 Å². The van der Waals surface area contributed by atoms with Crippen molar-refractivity contribution in [2.75, 3.05) is 6.54 Å². The molecule has 0 aliphatic heterocycles. The van der Waals surface area contributed by atoms with Crippen molar-refractivity contribution in [3.63, 3.8) is 0 Å². The van der Waals surface area contributed by atoms with Crippen molar-refractivity contribution in [1.29, 1.82) is 0 Å². The van der Waals surface area contributed by atoms with Crippen LogP contribution in [-0.4, -0.2) is 6.54 Å². The van der Waals surface area contributed by atoms with Crippen molar-refractivity contribution in [1.82, 2.24) is 0 Å². The van der Waals surface area contributed by atoms with E-state index in [0.29, 0.717) is 11.8 Å². The molecule has 0 aliphatic rings. The van der Waals surface area contributed by atoms with Gasteiger partial charge in [-0.15, -0.1) is 0 Å². The number of nitrogens with two attached hydrogens (primary N) is 1. The van der Waals surface area contributed by atoms with Crippen molar-refractivity contribution >= 4 is 0 Å². The Kier molecular flexibility index (Phi) is 8.93. The normalized spacial score (nSPS) is 13.6. The van der Waals surface area contributed by atoms with Gasteiger partial charge in [-0.1, -0.05) is 64.4 Å². The first-order valence-corrected chi connectivity index (χ1v) is 6.54. The molecule has 16 heavy (non-hydrogen) atoms. The maximum Gasteiger partial charge on any atom is -0.00431 e. The van der Waals surface area contributed by atoms with Crippen molar-refractivity contribution in [2.24, 2.45) is 11.7 Å². The third-order valence-corrected chi connectivity index (χ3v) is 2.99. The van der Waals surface area contributed by atoms with Crippen LogP contribution in [-0.2, 0) is 0 Å². The molecule has 0 bridgehead atoms. The number of hydrogen-bond donors (Lipinski definition) is 1. The van der Waals surface area contributed by atoms with Crippen LogP contribution in [0.4, 0.5) is 0 Å². The van der Waals surface area contributed by atoms with E-state index in [4.69, 9.17) is 5.73 Å². The van der Waals surface area contributed by atoms with E-state index in [-0.39, 0.29) is 0 Å². The molecule has 0 amide bonds. The van der Waals surface area contributed by atoms with E-state index in [1.54, 1.807) is 0 Å². The van der Waals surface area contributed by atoms with Gasteiger partial charge >= 0.3 is 0 Å². The Labute approximate surface area is 101 Å². The van der Waals surface area contributed by atoms with Gasteiger partial charge in [-0.25, -0.2) is 0 Å². The van der Waals surface area contributed by atoms with Crippen LogP contribution in [0.15, 0.2) is 30.3 Å². The van der Waals surface area contributed by atoms with Crippen LogP contribution >= 0.6 is 0 Å². The molecule has 1 nitrogen and oxygen atoms in total. The summed E-state index contributed by atoms with van der Waals surface area (Å²) >= 11 is 0. The molecule has 0 aromatic heterocycles. The summed E-state index contributed by atoms with van der Waals surface area (Å²) in [6.07, 6.45) is 2.45.